The number of nitrogens with one attached hydrogen (secondary N) is 1. The van der Waals surface area contributed by atoms with Crippen molar-refractivity contribution in [3.8, 4) is 11.1 Å². The Kier molecular flexibility index (Phi) is 4.23. The number of hydrogen-bond donors (Lipinski definition) is 2. The maximum absolute atomic E-state index is 12.2. The van der Waals surface area contributed by atoms with Gasteiger partial charge in [0, 0.05) is 12.0 Å². The van der Waals surface area contributed by atoms with Gasteiger partial charge in [0.25, 0.3) is 0 Å². The minimum Gasteiger partial charge on any atom is -0.449 e. The number of benzene rings is 2. The molecule has 0 atom stereocenters. The van der Waals surface area contributed by atoms with Crippen molar-refractivity contribution in [2.75, 3.05) is 6.61 Å². The highest BCUT2D eigenvalue weighted by Crippen LogP contribution is 2.44. The lowest BCUT2D eigenvalue weighted by molar-refractivity contribution is -0.0317. The molecule has 26 heavy (non-hydrogen) atoms. The SMILES string of the molecule is CC(C)(O)C1CC(NC(=O)OCC2c3ccccc3-c3ccccc32)C1. The van der Waals surface area contributed by atoms with E-state index < -0.39 is 5.60 Å². The second-order valence-electron chi connectivity index (χ2n) is 7.99. The molecule has 0 radical (unpaired) electrons. The molecule has 136 valence electrons. The summed E-state index contributed by atoms with van der Waals surface area (Å²) in [6.07, 6.45) is 1.23. The maximum atomic E-state index is 12.2. The first kappa shape index (κ1) is 17.1. The Morgan fingerprint density at radius 2 is 1.62 bits per heavy atom. The molecule has 1 fully saturated rings. The number of fused-ring (bicyclic) bond motifs is 3. The molecule has 1 saturated carbocycles. The number of carbonyl (C=O) groups excluding carboxylic acids is 1. The summed E-state index contributed by atoms with van der Waals surface area (Å²) in [5, 5.41) is 12.9. The van der Waals surface area contributed by atoms with Crippen LogP contribution in [0, 0.1) is 5.92 Å². The van der Waals surface area contributed by atoms with Crippen molar-refractivity contribution in [1.29, 1.82) is 0 Å². The fourth-order valence-electron chi connectivity index (χ4n) is 4.12. The zero-order valence-corrected chi connectivity index (χ0v) is 15.2. The maximum Gasteiger partial charge on any atom is 0.407 e. The fourth-order valence-corrected chi connectivity index (χ4v) is 4.12. The zero-order valence-electron chi connectivity index (χ0n) is 15.2. The van der Waals surface area contributed by atoms with Crippen LogP contribution in [0.5, 0.6) is 0 Å². The largest absolute Gasteiger partial charge is 0.449 e. The van der Waals surface area contributed by atoms with Gasteiger partial charge in [-0.2, -0.15) is 0 Å². The van der Waals surface area contributed by atoms with Crippen molar-refractivity contribution in [3.05, 3.63) is 59.7 Å². The third kappa shape index (κ3) is 3.10. The van der Waals surface area contributed by atoms with Crippen molar-refractivity contribution in [3.63, 3.8) is 0 Å². The molecule has 2 aliphatic carbocycles. The molecule has 0 spiro atoms. The van der Waals surface area contributed by atoms with Gasteiger partial charge in [-0.15, -0.1) is 0 Å². The molecule has 0 aliphatic heterocycles. The zero-order chi connectivity index (χ0) is 18.3. The molecule has 0 heterocycles. The van der Waals surface area contributed by atoms with Gasteiger partial charge in [0.15, 0.2) is 0 Å². The summed E-state index contributed by atoms with van der Waals surface area (Å²) < 4.78 is 5.55. The van der Waals surface area contributed by atoms with Gasteiger partial charge in [-0.3, -0.25) is 0 Å². The third-order valence-electron chi connectivity index (χ3n) is 5.80. The molecule has 2 aromatic rings. The molecule has 0 bridgehead atoms. The van der Waals surface area contributed by atoms with Crippen LogP contribution < -0.4 is 5.32 Å². The molecular weight excluding hydrogens is 326 g/mol. The smallest absolute Gasteiger partial charge is 0.407 e. The Bertz CT molecular complexity index is 773. The predicted molar refractivity (Wildman–Crippen MR) is 101 cm³/mol. The summed E-state index contributed by atoms with van der Waals surface area (Å²) in [6.45, 7) is 3.98. The Labute approximate surface area is 154 Å². The van der Waals surface area contributed by atoms with E-state index >= 15 is 0 Å². The monoisotopic (exact) mass is 351 g/mol. The number of ether oxygens (including phenoxy) is 1. The van der Waals surface area contributed by atoms with Crippen LogP contribution in [0.3, 0.4) is 0 Å². The van der Waals surface area contributed by atoms with Crippen molar-refractivity contribution in [1.82, 2.24) is 5.32 Å². The second-order valence-corrected chi connectivity index (χ2v) is 7.99. The van der Waals surface area contributed by atoms with Gasteiger partial charge < -0.3 is 15.2 Å². The molecule has 4 heteroatoms. The van der Waals surface area contributed by atoms with Crippen molar-refractivity contribution in [2.45, 2.75) is 44.2 Å². The average molecular weight is 351 g/mol. The molecule has 0 unspecified atom stereocenters. The number of rotatable bonds is 4. The Balaban J connectivity index is 1.37. The molecule has 0 aromatic heterocycles. The van der Waals surface area contributed by atoms with Gasteiger partial charge in [0.2, 0.25) is 0 Å². The first-order valence-corrected chi connectivity index (χ1v) is 9.27. The number of carbonyl (C=O) groups is 1. The highest BCUT2D eigenvalue weighted by molar-refractivity contribution is 5.79. The van der Waals surface area contributed by atoms with E-state index in [0.29, 0.717) is 6.61 Å². The molecule has 4 nitrogen and oxygen atoms in total. The summed E-state index contributed by atoms with van der Waals surface area (Å²) in [5.74, 6) is 0.319. The normalized spacial score (nSPS) is 21.5. The summed E-state index contributed by atoms with van der Waals surface area (Å²) in [4.78, 5) is 12.2. The van der Waals surface area contributed by atoms with E-state index in [0.717, 1.165) is 12.8 Å². The van der Waals surface area contributed by atoms with E-state index in [1.54, 1.807) is 0 Å². The van der Waals surface area contributed by atoms with Crippen LogP contribution >= 0.6 is 0 Å². The number of aliphatic hydroxyl groups is 1. The van der Waals surface area contributed by atoms with Crippen LogP contribution in [0.15, 0.2) is 48.5 Å². The van der Waals surface area contributed by atoms with Crippen LogP contribution in [0.2, 0.25) is 0 Å². The quantitative estimate of drug-likeness (QED) is 0.873. The lowest BCUT2D eigenvalue weighted by atomic mass is 9.71. The van der Waals surface area contributed by atoms with Gasteiger partial charge >= 0.3 is 6.09 Å². The topological polar surface area (TPSA) is 58.6 Å². The molecule has 2 N–H and O–H groups in total. The van der Waals surface area contributed by atoms with Gasteiger partial charge in [-0.25, -0.2) is 4.79 Å². The Morgan fingerprint density at radius 1 is 1.08 bits per heavy atom. The minimum atomic E-state index is -0.681. The predicted octanol–water partition coefficient (Wildman–Crippen LogP) is 4.07. The van der Waals surface area contributed by atoms with E-state index in [-0.39, 0.29) is 24.0 Å². The highest BCUT2D eigenvalue weighted by Gasteiger charge is 2.39. The summed E-state index contributed by atoms with van der Waals surface area (Å²) in [7, 11) is 0. The van der Waals surface area contributed by atoms with Crippen molar-refractivity contribution < 1.29 is 14.6 Å². The van der Waals surface area contributed by atoms with Crippen LogP contribution in [0.1, 0.15) is 43.7 Å². The minimum absolute atomic E-state index is 0.0821. The lowest BCUT2D eigenvalue weighted by Gasteiger charge is -2.42. The van der Waals surface area contributed by atoms with E-state index in [2.05, 4.69) is 29.6 Å². The lowest BCUT2D eigenvalue weighted by Crippen LogP contribution is -2.51. The first-order chi connectivity index (χ1) is 12.4. The van der Waals surface area contributed by atoms with E-state index in [9.17, 15) is 9.90 Å². The summed E-state index contributed by atoms with van der Waals surface area (Å²) >= 11 is 0. The van der Waals surface area contributed by atoms with E-state index in [4.69, 9.17) is 4.74 Å². The van der Waals surface area contributed by atoms with Crippen LogP contribution in [-0.2, 0) is 4.74 Å². The van der Waals surface area contributed by atoms with Crippen LogP contribution in [0.4, 0.5) is 4.79 Å². The van der Waals surface area contributed by atoms with Crippen molar-refractivity contribution in [2.24, 2.45) is 5.92 Å². The Hall–Kier alpha value is -2.33. The standard InChI is InChI=1S/C22H25NO3/c1-22(2,25)14-11-15(12-14)23-21(24)26-13-20-18-9-5-3-7-16(18)17-8-4-6-10-19(17)20/h3-10,14-15,20,25H,11-13H2,1-2H3,(H,23,24). The van der Waals surface area contributed by atoms with E-state index in [1.807, 2.05) is 38.1 Å². The van der Waals surface area contributed by atoms with Gasteiger partial charge in [-0.05, 0) is 54.9 Å². The molecule has 0 saturated heterocycles. The number of amides is 1. The molecule has 4 rings (SSSR count). The first-order valence-electron chi connectivity index (χ1n) is 9.27. The summed E-state index contributed by atoms with van der Waals surface area (Å²) in [5.41, 5.74) is 4.20. The average Bonchev–Trinajstić information content (AvgIpc) is 2.89. The molecule has 1 amide bonds. The van der Waals surface area contributed by atoms with Crippen molar-refractivity contribution >= 4 is 6.09 Å². The van der Waals surface area contributed by atoms with Gasteiger partial charge in [0.05, 0.1) is 5.60 Å². The van der Waals surface area contributed by atoms with E-state index in [1.165, 1.54) is 22.3 Å². The van der Waals surface area contributed by atoms with Gasteiger partial charge in [0.1, 0.15) is 6.61 Å². The third-order valence-corrected chi connectivity index (χ3v) is 5.80. The molecule has 2 aliphatic rings. The van der Waals surface area contributed by atoms with Crippen LogP contribution in [0.25, 0.3) is 11.1 Å². The van der Waals surface area contributed by atoms with Gasteiger partial charge in [-0.1, -0.05) is 48.5 Å². The highest BCUT2D eigenvalue weighted by atomic mass is 16.5. The van der Waals surface area contributed by atoms with Crippen LogP contribution in [-0.4, -0.2) is 29.4 Å². The fraction of sp³-hybridized carbons (Fsp3) is 0.409. The Morgan fingerprint density at radius 3 is 2.15 bits per heavy atom. The number of hydrogen-bond acceptors (Lipinski definition) is 3. The number of alkyl carbamates (subject to hydrolysis) is 1. The second kappa shape index (κ2) is 6.44. The molecule has 2 aromatic carbocycles. The molecular formula is C22H25NO3. The summed E-state index contributed by atoms with van der Waals surface area (Å²) in [6, 6.07) is 16.7.